The number of anilines is 2. The summed E-state index contributed by atoms with van der Waals surface area (Å²) in [6, 6.07) is 13.7. The molecule has 0 spiro atoms. The molecule has 0 amide bonds. The van der Waals surface area contributed by atoms with Crippen molar-refractivity contribution >= 4 is 23.1 Å². The van der Waals surface area contributed by atoms with Crippen molar-refractivity contribution < 1.29 is 0 Å². The maximum Gasteiger partial charge on any atom is 0.152 e. The summed E-state index contributed by atoms with van der Waals surface area (Å²) in [6.07, 6.45) is 1.71. The molecular weight excluding hydrogens is 272 g/mol. The summed E-state index contributed by atoms with van der Waals surface area (Å²) in [5.74, 6) is 0.763. The Morgan fingerprint density at radius 1 is 1.10 bits per heavy atom. The second-order valence-corrected chi connectivity index (χ2v) is 4.91. The summed E-state index contributed by atoms with van der Waals surface area (Å²) < 4.78 is 0. The molecule has 2 heterocycles. The number of rotatable bonds is 3. The molecule has 2 aromatic heterocycles. The van der Waals surface area contributed by atoms with Crippen molar-refractivity contribution in [2.75, 3.05) is 5.32 Å². The highest BCUT2D eigenvalue weighted by atomic mass is 35.5. The van der Waals surface area contributed by atoms with Crippen molar-refractivity contribution in [3.8, 4) is 11.3 Å². The molecule has 0 fully saturated rings. The van der Waals surface area contributed by atoms with Gasteiger partial charge in [-0.3, -0.25) is 5.10 Å². The van der Waals surface area contributed by atoms with Gasteiger partial charge in [0.2, 0.25) is 0 Å². The van der Waals surface area contributed by atoms with E-state index in [-0.39, 0.29) is 0 Å². The van der Waals surface area contributed by atoms with Crippen LogP contribution < -0.4 is 5.32 Å². The van der Waals surface area contributed by atoms with E-state index in [1.165, 1.54) is 5.56 Å². The fraction of sp³-hybridized carbons (Fsp3) is 0.0667. The van der Waals surface area contributed by atoms with Crippen LogP contribution in [0.5, 0.6) is 0 Å². The predicted molar refractivity (Wildman–Crippen MR) is 81.3 cm³/mol. The molecule has 0 saturated carbocycles. The number of pyridine rings is 1. The minimum atomic E-state index is 0.478. The number of hydrogen-bond acceptors (Lipinski definition) is 3. The molecule has 1 aromatic carbocycles. The summed E-state index contributed by atoms with van der Waals surface area (Å²) in [5, 5.41) is 10.9. The molecule has 0 aliphatic rings. The van der Waals surface area contributed by atoms with E-state index in [2.05, 4.69) is 39.6 Å². The van der Waals surface area contributed by atoms with Gasteiger partial charge in [0, 0.05) is 23.5 Å². The lowest BCUT2D eigenvalue weighted by molar-refractivity contribution is 1.09. The van der Waals surface area contributed by atoms with Gasteiger partial charge in [-0.15, -0.1) is 0 Å². The van der Waals surface area contributed by atoms with Crippen LogP contribution in [0.15, 0.2) is 48.7 Å². The van der Waals surface area contributed by atoms with Gasteiger partial charge in [0.05, 0.1) is 5.69 Å². The fourth-order valence-corrected chi connectivity index (χ4v) is 1.97. The van der Waals surface area contributed by atoms with Crippen LogP contribution in [0, 0.1) is 6.92 Å². The number of hydrogen-bond donors (Lipinski definition) is 2. The average Bonchev–Trinajstić information content (AvgIpc) is 2.91. The van der Waals surface area contributed by atoms with Gasteiger partial charge in [0.25, 0.3) is 0 Å². The first-order valence-electron chi connectivity index (χ1n) is 6.22. The van der Waals surface area contributed by atoms with Gasteiger partial charge < -0.3 is 5.32 Å². The Morgan fingerprint density at radius 2 is 1.90 bits per heavy atom. The fourth-order valence-electron chi connectivity index (χ4n) is 1.85. The van der Waals surface area contributed by atoms with E-state index >= 15 is 0 Å². The standard InChI is InChI=1S/C15H13ClN4/c1-10-2-5-12(6-3-10)18-15-8-13(19-20-15)11-4-7-14(16)17-9-11/h2-9H,1H3,(H2,18,19,20). The quantitative estimate of drug-likeness (QED) is 0.710. The van der Waals surface area contributed by atoms with Crippen molar-refractivity contribution in [1.82, 2.24) is 15.2 Å². The molecule has 3 rings (SSSR count). The first-order chi connectivity index (χ1) is 9.70. The van der Waals surface area contributed by atoms with E-state index in [1.54, 1.807) is 12.3 Å². The molecule has 0 radical (unpaired) electrons. The summed E-state index contributed by atoms with van der Waals surface area (Å²) in [4.78, 5) is 4.06. The number of nitrogens with one attached hydrogen (secondary N) is 2. The van der Waals surface area contributed by atoms with Crippen LogP contribution >= 0.6 is 11.6 Å². The SMILES string of the molecule is Cc1ccc(Nc2cc(-c3ccc(Cl)nc3)[nH]n2)cc1. The summed E-state index contributed by atoms with van der Waals surface area (Å²) >= 11 is 5.78. The van der Waals surface area contributed by atoms with Crippen LogP contribution in [0.3, 0.4) is 0 Å². The molecule has 100 valence electrons. The largest absolute Gasteiger partial charge is 0.339 e. The van der Waals surface area contributed by atoms with Gasteiger partial charge in [0.15, 0.2) is 5.82 Å². The Bertz CT molecular complexity index is 701. The minimum absolute atomic E-state index is 0.478. The lowest BCUT2D eigenvalue weighted by atomic mass is 10.2. The second-order valence-electron chi connectivity index (χ2n) is 4.53. The average molecular weight is 285 g/mol. The number of benzene rings is 1. The van der Waals surface area contributed by atoms with Crippen molar-refractivity contribution in [3.05, 3.63) is 59.4 Å². The zero-order chi connectivity index (χ0) is 13.9. The Kier molecular flexibility index (Phi) is 3.39. The van der Waals surface area contributed by atoms with Gasteiger partial charge in [-0.05, 0) is 31.2 Å². The highest BCUT2D eigenvalue weighted by Gasteiger charge is 2.04. The second kappa shape index (κ2) is 5.35. The number of aromatic amines is 1. The number of aryl methyl sites for hydroxylation is 1. The smallest absolute Gasteiger partial charge is 0.152 e. The van der Waals surface area contributed by atoms with Crippen LogP contribution in [0.2, 0.25) is 5.15 Å². The third kappa shape index (κ3) is 2.81. The first-order valence-corrected chi connectivity index (χ1v) is 6.59. The summed E-state index contributed by atoms with van der Waals surface area (Å²) in [5.41, 5.74) is 4.07. The van der Waals surface area contributed by atoms with E-state index in [1.807, 2.05) is 24.3 Å². The highest BCUT2D eigenvalue weighted by Crippen LogP contribution is 2.22. The number of nitrogens with zero attached hydrogens (tertiary/aromatic N) is 2. The van der Waals surface area contributed by atoms with Crippen molar-refractivity contribution in [3.63, 3.8) is 0 Å². The predicted octanol–water partition coefficient (Wildman–Crippen LogP) is 4.18. The Hall–Kier alpha value is -2.33. The third-order valence-corrected chi connectivity index (χ3v) is 3.16. The molecule has 2 N–H and O–H groups in total. The normalized spacial score (nSPS) is 10.5. The molecule has 0 aliphatic heterocycles. The Morgan fingerprint density at radius 3 is 2.60 bits per heavy atom. The summed E-state index contributed by atoms with van der Waals surface area (Å²) in [6.45, 7) is 2.06. The molecule has 3 aromatic rings. The molecule has 0 unspecified atom stereocenters. The number of halogens is 1. The first kappa shape index (κ1) is 12.7. The van der Waals surface area contributed by atoms with E-state index in [9.17, 15) is 0 Å². The molecule has 4 nitrogen and oxygen atoms in total. The van der Waals surface area contributed by atoms with Crippen LogP contribution in [-0.2, 0) is 0 Å². The van der Waals surface area contributed by atoms with Gasteiger partial charge in [-0.2, -0.15) is 5.10 Å². The molecule has 0 aliphatic carbocycles. The maximum atomic E-state index is 5.78. The van der Waals surface area contributed by atoms with Crippen LogP contribution in [-0.4, -0.2) is 15.2 Å². The minimum Gasteiger partial charge on any atom is -0.339 e. The van der Waals surface area contributed by atoms with Gasteiger partial charge in [-0.25, -0.2) is 4.98 Å². The van der Waals surface area contributed by atoms with Crippen molar-refractivity contribution in [2.45, 2.75) is 6.92 Å². The Balaban J connectivity index is 1.80. The summed E-state index contributed by atoms with van der Waals surface area (Å²) in [7, 11) is 0. The molecule has 0 saturated heterocycles. The molecule has 0 bridgehead atoms. The van der Waals surface area contributed by atoms with Gasteiger partial charge in [0.1, 0.15) is 5.15 Å². The van der Waals surface area contributed by atoms with Crippen LogP contribution in [0.1, 0.15) is 5.56 Å². The maximum absolute atomic E-state index is 5.78. The lowest BCUT2D eigenvalue weighted by Gasteiger charge is -2.02. The topological polar surface area (TPSA) is 53.6 Å². The van der Waals surface area contributed by atoms with Gasteiger partial charge >= 0.3 is 0 Å². The number of aromatic nitrogens is 3. The van der Waals surface area contributed by atoms with E-state index < -0.39 is 0 Å². The lowest BCUT2D eigenvalue weighted by Crippen LogP contribution is -1.89. The van der Waals surface area contributed by atoms with Gasteiger partial charge in [-0.1, -0.05) is 29.3 Å². The van der Waals surface area contributed by atoms with Crippen LogP contribution in [0.4, 0.5) is 11.5 Å². The van der Waals surface area contributed by atoms with E-state index in [0.29, 0.717) is 5.15 Å². The molecule has 5 heteroatoms. The monoisotopic (exact) mass is 284 g/mol. The van der Waals surface area contributed by atoms with Crippen molar-refractivity contribution in [2.24, 2.45) is 0 Å². The number of H-pyrrole nitrogens is 1. The molecule has 20 heavy (non-hydrogen) atoms. The zero-order valence-corrected chi connectivity index (χ0v) is 11.6. The van der Waals surface area contributed by atoms with E-state index in [4.69, 9.17) is 11.6 Å². The Labute approximate surface area is 121 Å². The zero-order valence-electron chi connectivity index (χ0n) is 10.9. The molecule has 0 atom stereocenters. The van der Waals surface area contributed by atoms with Crippen molar-refractivity contribution in [1.29, 1.82) is 0 Å². The van der Waals surface area contributed by atoms with E-state index in [0.717, 1.165) is 22.8 Å². The molecular formula is C15H13ClN4. The third-order valence-electron chi connectivity index (χ3n) is 2.94. The van der Waals surface area contributed by atoms with Crippen LogP contribution in [0.25, 0.3) is 11.3 Å². The highest BCUT2D eigenvalue weighted by molar-refractivity contribution is 6.29.